The van der Waals surface area contributed by atoms with Crippen molar-refractivity contribution in [1.29, 1.82) is 0 Å². The van der Waals surface area contributed by atoms with Gasteiger partial charge in [0.1, 0.15) is 0 Å². The second-order valence-corrected chi connectivity index (χ2v) is 7.80. The van der Waals surface area contributed by atoms with Gasteiger partial charge in [0.05, 0.1) is 11.4 Å². The molecule has 0 spiro atoms. The molecule has 0 saturated heterocycles. The zero-order valence-electron chi connectivity index (χ0n) is 18.3. The van der Waals surface area contributed by atoms with E-state index in [9.17, 15) is 0 Å². The van der Waals surface area contributed by atoms with E-state index in [2.05, 4.69) is 109 Å². The lowest BCUT2D eigenvalue weighted by Crippen LogP contribution is -2.06. The highest BCUT2D eigenvalue weighted by molar-refractivity contribution is 6.03. The predicted molar refractivity (Wildman–Crippen MR) is 135 cm³/mol. The fourth-order valence-electron chi connectivity index (χ4n) is 3.70. The van der Waals surface area contributed by atoms with Crippen LogP contribution in [-0.2, 0) is 12.8 Å². The van der Waals surface area contributed by atoms with E-state index < -0.39 is 0 Å². The van der Waals surface area contributed by atoms with Crippen molar-refractivity contribution in [2.45, 2.75) is 25.7 Å². The number of hydrogen-bond donors (Lipinski definition) is 0. The summed E-state index contributed by atoms with van der Waals surface area (Å²) in [6.07, 6.45) is 3.57. The van der Waals surface area contributed by atoms with E-state index in [0.717, 1.165) is 48.2 Å². The van der Waals surface area contributed by atoms with E-state index in [0.29, 0.717) is 0 Å². The first-order chi connectivity index (χ1) is 15.9. The van der Waals surface area contributed by atoms with Gasteiger partial charge in [-0.3, -0.25) is 0 Å². The molecule has 2 heteroatoms. The van der Waals surface area contributed by atoms with Crippen LogP contribution < -0.4 is 0 Å². The largest absolute Gasteiger partial charge is 0.155 e. The molecule has 0 aromatic heterocycles. The summed E-state index contributed by atoms with van der Waals surface area (Å²) >= 11 is 0. The molecule has 0 bridgehead atoms. The second-order valence-electron chi connectivity index (χ2n) is 7.80. The second kappa shape index (κ2) is 11.6. The molecule has 0 aliphatic rings. The number of aryl methyl sites for hydroxylation is 2. The van der Waals surface area contributed by atoms with Crippen LogP contribution in [0.3, 0.4) is 0 Å². The molecule has 4 aromatic rings. The molecule has 0 fully saturated rings. The standard InChI is InChI=1S/C30H28N2/c1-5-13-25(14-6-1)21-23-29(27-17-9-3-10-18-27)31-32-30(28-19-11-4-12-20-28)24-22-26-15-7-2-8-16-26/h1-20H,21-24H2/b31-29-,32-30-. The van der Waals surface area contributed by atoms with Gasteiger partial charge in [-0.2, -0.15) is 10.2 Å². The minimum absolute atomic E-state index is 0.846. The first-order valence-electron chi connectivity index (χ1n) is 11.2. The molecule has 0 N–H and O–H groups in total. The van der Waals surface area contributed by atoms with Gasteiger partial charge in [0.25, 0.3) is 0 Å². The Kier molecular flexibility index (Phi) is 7.76. The van der Waals surface area contributed by atoms with Gasteiger partial charge in [-0.05, 0) is 47.9 Å². The molecule has 0 unspecified atom stereocenters. The van der Waals surface area contributed by atoms with E-state index >= 15 is 0 Å². The van der Waals surface area contributed by atoms with Gasteiger partial charge in [0.2, 0.25) is 0 Å². The molecule has 4 aromatic carbocycles. The molecule has 0 heterocycles. The Hall–Kier alpha value is -3.78. The quantitative estimate of drug-likeness (QED) is 0.204. The van der Waals surface area contributed by atoms with Crippen LogP contribution in [0, 0.1) is 0 Å². The topological polar surface area (TPSA) is 24.7 Å². The molecule has 158 valence electrons. The summed E-state index contributed by atoms with van der Waals surface area (Å²) in [5.74, 6) is 0. The summed E-state index contributed by atoms with van der Waals surface area (Å²) < 4.78 is 0. The Labute approximate surface area is 191 Å². The maximum atomic E-state index is 4.80. The predicted octanol–water partition coefficient (Wildman–Crippen LogP) is 7.15. The molecule has 4 rings (SSSR count). The highest BCUT2D eigenvalue weighted by Crippen LogP contribution is 2.13. The van der Waals surface area contributed by atoms with Crippen LogP contribution in [0.25, 0.3) is 0 Å². The third-order valence-corrected chi connectivity index (χ3v) is 5.49. The van der Waals surface area contributed by atoms with Gasteiger partial charge in [-0.15, -0.1) is 0 Å². The van der Waals surface area contributed by atoms with Crippen molar-refractivity contribution in [3.8, 4) is 0 Å². The molecule has 0 saturated carbocycles. The fraction of sp³-hybridized carbons (Fsp3) is 0.133. The SMILES string of the molecule is c1ccc(CC/C(=N/N=C(/CCc2ccccc2)c2ccccc2)c2ccccc2)cc1. The lowest BCUT2D eigenvalue weighted by molar-refractivity contribution is 1.00. The number of hydrogen-bond acceptors (Lipinski definition) is 2. The van der Waals surface area contributed by atoms with Crippen molar-refractivity contribution < 1.29 is 0 Å². The molecule has 2 nitrogen and oxygen atoms in total. The minimum Gasteiger partial charge on any atom is -0.155 e. The third kappa shape index (κ3) is 6.36. The van der Waals surface area contributed by atoms with Gasteiger partial charge in [-0.1, -0.05) is 121 Å². The average Bonchev–Trinajstić information content (AvgIpc) is 2.88. The Morgan fingerprint density at radius 3 is 1.06 bits per heavy atom. The van der Waals surface area contributed by atoms with Crippen molar-refractivity contribution in [3.05, 3.63) is 144 Å². The van der Waals surface area contributed by atoms with E-state index in [1.165, 1.54) is 11.1 Å². The zero-order valence-corrected chi connectivity index (χ0v) is 18.3. The van der Waals surface area contributed by atoms with Gasteiger partial charge in [0, 0.05) is 0 Å². The Balaban J connectivity index is 1.61. The Bertz CT molecular complexity index is 1040. The first-order valence-corrected chi connectivity index (χ1v) is 11.2. The lowest BCUT2D eigenvalue weighted by Gasteiger charge is -2.08. The van der Waals surface area contributed by atoms with Crippen LogP contribution >= 0.6 is 0 Å². The maximum absolute atomic E-state index is 4.80. The van der Waals surface area contributed by atoms with Crippen molar-refractivity contribution in [1.82, 2.24) is 0 Å². The molecule has 0 aliphatic heterocycles. The summed E-state index contributed by atoms with van der Waals surface area (Å²) in [5.41, 5.74) is 6.91. The van der Waals surface area contributed by atoms with E-state index in [4.69, 9.17) is 10.2 Å². The van der Waals surface area contributed by atoms with E-state index in [1.807, 2.05) is 12.1 Å². The fourth-order valence-corrected chi connectivity index (χ4v) is 3.70. The molecule has 0 aliphatic carbocycles. The average molecular weight is 417 g/mol. The summed E-state index contributed by atoms with van der Waals surface area (Å²) in [4.78, 5) is 0. The number of nitrogens with zero attached hydrogens (tertiary/aromatic N) is 2. The maximum Gasteiger partial charge on any atom is 0.0706 e. The Morgan fingerprint density at radius 2 is 0.719 bits per heavy atom. The van der Waals surface area contributed by atoms with Crippen LogP contribution in [0.5, 0.6) is 0 Å². The van der Waals surface area contributed by atoms with Crippen LogP contribution in [0.4, 0.5) is 0 Å². The van der Waals surface area contributed by atoms with Crippen molar-refractivity contribution in [2.24, 2.45) is 10.2 Å². The van der Waals surface area contributed by atoms with E-state index in [-0.39, 0.29) is 0 Å². The van der Waals surface area contributed by atoms with Gasteiger partial charge in [-0.25, -0.2) is 0 Å². The molecule has 0 radical (unpaired) electrons. The summed E-state index contributed by atoms with van der Waals surface area (Å²) in [5, 5.41) is 9.61. The normalized spacial score (nSPS) is 12.0. The zero-order chi connectivity index (χ0) is 21.8. The monoisotopic (exact) mass is 416 g/mol. The van der Waals surface area contributed by atoms with Crippen molar-refractivity contribution in [3.63, 3.8) is 0 Å². The van der Waals surface area contributed by atoms with Gasteiger partial charge in [0.15, 0.2) is 0 Å². The molecular weight excluding hydrogens is 388 g/mol. The van der Waals surface area contributed by atoms with Crippen molar-refractivity contribution >= 4 is 11.4 Å². The molecular formula is C30H28N2. The van der Waals surface area contributed by atoms with Gasteiger partial charge < -0.3 is 0 Å². The highest BCUT2D eigenvalue weighted by Gasteiger charge is 2.07. The van der Waals surface area contributed by atoms with Crippen LogP contribution in [0.1, 0.15) is 35.1 Å². The molecule has 32 heavy (non-hydrogen) atoms. The lowest BCUT2D eigenvalue weighted by atomic mass is 10.0. The summed E-state index contributed by atoms with van der Waals surface area (Å²) in [6.45, 7) is 0. The minimum atomic E-state index is 0.846. The third-order valence-electron chi connectivity index (χ3n) is 5.49. The Morgan fingerprint density at radius 1 is 0.406 bits per heavy atom. The van der Waals surface area contributed by atoms with Crippen molar-refractivity contribution in [2.75, 3.05) is 0 Å². The van der Waals surface area contributed by atoms with E-state index in [1.54, 1.807) is 0 Å². The number of benzene rings is 4. The van der Waals surface area contributed by atoms with Crippen LogP contribution in [0.15, 0.2) is 132 Å². The smallest absolute Gasteiger partial charge is 0.0706 e. The molecule has 0 atom stereocenters. The summed E-state index contributed by atoms with van der Waals surface area (Å²) in [7, 11) is 0. The summed E-state index contributed by atoms with van der Waals surface area (Å²) in [6, 6.07) is 41.9. The number of rotatable bonds is 9. The van der Waals surface area contributed by atoms with Gasteiger partial charge >= 0.3 is 0 Å². The highest BCUT2D eigenvalue weighted by atomic mass is 15.2. The van der Waals surface area contributed by atoms with Crippen LogP contribution in [-0.4, -0.2) is 11.4 Å². The molecule has 0 amide bonds. The van der Waals surface area contributed by atoms with Crippen LogP contribution in [0.2, 0.25) is 0 Å². The first kappa shape index (κ1) is 21.5.